The molecule has 212 valence electrons. The predicted octanol–water partition coefficient (Wildman–Crippen LogP) is 4.00. The number of aliphatic carboxylic acids is 1. The van der Waals surface area contributed by atoms with Crippen LogP contribution in [0.25, 0.3) is 10.9 Å². The molecule has 1 aliphatic rings. The maximum Gasteiger partial charge on any atom is 0.332 e. The van der Waals surface area contributed by atoms with Crippen molar-refractivity contribution in [3.8, 4) is 11.5 Å². The summed E-state index contributed by atoms with van der Waals surface area (Å²) in [6.07, 6.45) is 1.12. The number of benzene rings is 3. The fourth-order valence-corrected chi connectivity index (χ4v) is 5.13. The standard InChI is InChI=1S/C31H31N3O7/c1-2-3-12-25(29(37)32-23(17-28(35)36)21-14-15-26-27(16-21)41-19-40-26)34-30(38)22-11-7-8-13-24(22)33(31(34)39)18-20-9-5-4-6-10-20/h4-11,13-16,23,25H,2-3,12,17-19H2,1H3,(H,32,37)(H,35,36)/t23-,25-/m0/s1. The Hall–Kier alpha value is -4.86. The van der Waals surface area contributed by atoms with Crippen molar-refractivity contribution in [2.75, 3.05) is 6.79 Å². The molecule has 0 saturated carbocycles. The maximum atomic E-state index is 14.0. The van der Waals surface area contributed by atoms with Gasteiger partial charge in [0.1, 0.15) is 6.04 Å². The Bertz CT molecular complexity index is 1690. The van der Waals surface area contributed by atoms with Crippen LogP contribution in [-0.4, -0.2) is 32.9 Å². The monoisotopic (exact) mass is 557 g/mol. The van der Waals surface area contributed by atoms with Gasteiger partial charge in [0.2, 0.25) is 12.7 Å². The van der Waals surface area contributed by atoms with Crippen LogP contribution in [0, 0.1) is 0 Å². The highest BCUT2D eigenvalue weighted by molar-refractivity contribution is 5.83. The van der Waals surface area contributed by atoms with Gasteiger partial charge in [-0.15, -0.1) is 0 Å². The third-order valence-corrected chi connectivity index (χ3v) is 7.20. The van der Waals surface area contributed by atoms with Gasteiger partial charge >= 0.3 is 11.7 Å². The zero-order valence-electron chi connectivity index (χ0n) is 22.6. The summed E-state index contributed by atoms with van der Waals surface area (Å²) in [7, 11) is 0. The van der Waals surface area contributed by atoms with Crippen molar-refractivity contribution in [1.82, 2.24) is 14.5 Å². The summed E-state index contributed by atoms with van der Waals surface area (Å²) in [6, 6.07) is 19.1. The summed E-state index contributed by atoms with van der Waals surface area (Å²) in [5, 5.41) is 12.7. The number of nitrogens with one attached hydrogen (secondary N) is 1. The molecule has 0 fully saturated rings. The van der Waals surface area contributed by atoms with E-state index in [-0.39, 0.29) is 19.8 Å². The summed E-state index contributed by atoms with van der Waals surface area (Å²) in [6.45, 7) is 2.21. The number of hydrogen-bond donors (Lipinski definition) is 2. The molecule has 2 atom stereocenters. The maximum absolute atomic E-state index is 14.0. The van der Waals surface area contributed by atoms with Crippen LogP contribution < -0.4 is 26.0 Å². The van der Waals surface area contributed by atoms with Gasteiger partial charge in [-0.05, 0) is 41.8 Å². The zero-order chi connectivity index (χ0) is 28.9. The van der Waals surface area contributed by atoms with Crippen molar-refractivity contribution in [1.29, 1.82) is 0 Å². The van der Waals surface area contributed by atoms with E-state index >= 15 is 0 Å². The first kappa shape index (κ1) is 27.7. The minimum Gasteiger partial charge on any atom is -0.481 e. The third-order valence-electron chi connectivity index (χ3n) is 7.20. The van der Waals surface area contributed by atoms with E-state index in [4.69, 9.17) is 9.47 Å². The normalized spacial score (nSPS) is 13.6. The third kappa shape index (κ3) is 5.86. The molecule has 0 bridgehead atoms. The van der Waals surface area contributed by atoms with Crippen LogP contribution in [0.2, 0.25) is 0 Å². The van der Waals surface area contributed by atoms with Crippen molar-refractivity contribution >= 4 is 22.8 Å². The molecule has 1 aliphatic heterocycles. The van der Waals surface area contributed by atoms with Gasteiger partial charge in [0.25, 0.3) is 5.56 Å². The zero-order valence-corrected chi connectivity index (χ0v) is 22.6. The molecular weight excluding hydrogens is 526 g/mol. The van der Waals surface area contributed by atoms with Crippen LogP contribution in [-0.2, 0) is 16.1 Å². The lowest BCUT2D eigenvalue weighted by molar-refractivity contribution is -0.138. The van der Waals surface area contributed by atoms with Gasteiger partial charge in [-0.2, -0.15) is 0 Å². The number of hydrogen-bond acceptors (Lipinski definition) is 6. The van der Waals surface area contributed by atoms with Crippen LogP contribution in [0.15, 0.2) is 82.4 Å². The Kier molecular flexibility index (Phi) is 8.19. The minimum absolute atomic E-state index is 0.0496. The molecule has 4 aromatic rings. The topological polar surface area (TPSA) is 129 Å². The lowest BCUT2D eigenvalue weighted by Gasteiger charge is -2.24. The van der Waals surface area contributed by atoms with Crippen LogP contribution in [0.5, 0.6) is 11.5 Å². The molecule has 0 aliphatic carbocycles. The number of aromatic nitrogens is 2. The number of fused-ring (bicyclic) bond motifs is 2. The SMILES string of the molecule is CCCC[C@@H](C(=O)N[C@@H](CC(=O)O)c1ccc2c(c1)OCO2)n1c(=O)c2ccccc2n(Cc2ccccc2)c1=O. The average Bonchev–Trinajstić information content (AvgIpc) is 3.45. The van der Waals surface area contributed by atoms with Crippen LogP contribution >= 0.6 is 0 Å². The lowest BCUT2D eigenvalue weighted by Crippen LogP contribution is -2.48. The van der Waals surface area contributed by atoms with Crippen LogP contribution in [0.3, 0.4) is 0 Å². The largest absolute Gasteiger partial charge is 0.481 e. The van der Waals surface area contributed by atoms with Gasteiger partial charge in [-0.1, -0.05) is 68.3 Å². The van der Waals surface area contributed by atoms with Gasteiger partial charge < -0.3 is 19.9 Å². The van der Waals surface area contributed by atoms with E-state index in [1.165, 1.54) is 4.57 Å². The molecule has 0 saturated heterocycles. The van der Waals surface area contributed by atoms with E-state index in [1.54, 1.807) is 42.5 Å². The number of carbonyl (C=O) groups excluding carboxylic acids is 1. The van der Waals surface area contributed by atoms with Crippen molar-refractivity contribution in [3.63, 3.8) is 0 Å². The second-order valence-corrected chi connectivity index (χ2v) is 9.98. The van der Waals surface area contributed by atoms with Crippen molar-refractivity contribution in [3.05, 3.63) is 105 Å². The van der Waals surface area contributed by atoms with Gasteiger partial charge in [-0.3, -0.25) is 19.0 Å². The molecular formula is C31H31N3O7. The van der Waals surface area contributed by atoms with Crippen LogP contribution in [0.1, 0.15) is 55.8 Å². The molecule has 41 heavy (non-hydrogen) atoms. The Labute approximate surface area is 235 Å². The fourth-order valence-electron chi connectivity index (χ4n) is 5.13. The Morgan fingerprint density at radius 1 is 0.976 bits per heavy atom. The molecule has 2 N–H and O–H groups in total. The second kappa shape index (κ2) is 12.1. The molecule has 3 aromatic carbocycles. The summed E-state index contributed by atoms with van der Waals surface area (Å²) in [4.78, 5) is 53.4. The fraction of sp³-hybridized carbons (Fsp3) is 0.290. The molecule has 2 heterocycles. The summed E-state index contributed by atoms with van der Waals surface area (Å²) in [5.74, 6) is -0.754. The number of amides is 1. The van der Waals surface area contributed by atoms with Gasteiger partial charge in [0.05, 0.1) is 29.9 Å². The molecule has 10 nitrogen and oxygen atoms in total. The van der Waals surface area contributed by atoms with E-state index in [0.717, 1.165) is 16.6 Å². The van der Waals surface area contributed by atoms with Crippen molar-refractivity contribution < 1.29 is 24.2 Å². The molecule has 1 aromatic heterocycles. The predicted molar refractivity (Wildman–Crippen MR) is 152 cm³/mol. The minimum atomic E-state index is -1.15. The number of unbranched alkanes of at least 4 members (excludes halogenated alkanes) is 1. The number of nitrogens with zero attached hydrogens (tertiary/aromatic N) is 2. The number of ether oxygens (including phenoxy) is 2. The highest BCUT2D eigenvalue weighted by Crippen LogP contribution is 2.35. The highest BCUT2D eigenvalue weighted by Gasteiger charge is 2.29. The van der Waals surface area contributed by atoms with Gasteiger partial charge in [-0.25, -0.2) is 9.36 Å². The Morgan fingerprint density at radius 2 is 1.71 bits per heavy atom. The van der Waals surface area contributed by atoms with Crippen molar-refractivity contribution in [2.45, 2.75) is 51.2 Å². The molecule has 0 unspecified atom stereocenters. The van der Waals surface area contributed by atoms with Gasteiger partial charge in [0, 0.05) is 0 Å². The summed E-state index contributed by atoms with van der Waals surface area (Å²) < 4.78 is 13.3. The van der Waals surface area contributed by atoms with E-state index in [1.807, 2.05) is 37.3 Å². The number of rotatable bonds is 11. The molecule has 0 spiro atoms. The summed E-state index contributed by atoms with van der Waals surface area (Å²) >= 11 is 0. The van der Waals surface area contributed by atoms with Crippen LogP contribution in [0.4, 0.5) is 0 Å². The van der Waals surface area contributed by atoms with Crippen molar-refractivity contribution in [2.24, 2.45) is 0 Å². The van der Waals surface area contributed by atoms with Gasteiger partial charge in [0.15, 0.2) is 11.5 Å². The number of carboxylic acids is 1. The highest BCUT2D eigenvalue weighted by atomic mass is 16.7. The summed E-state index contributed by atoms with van der Waals surface area (Å²) in [5.41, 5.74) is 0.674. The Morgan fingerprint density at radius 3 is 2.46 bits per heavy atom. The quantitative estimate of drug-likeness (QED) is 0.285. The first-order valence-electron chi connectivity index (χ1n) is 13.6. The smallest absolute Gasteiger partial charge is 0.332 e. The number of carbonyl (C=O) groups is 2. The molecule has 5 rings (SSSR count). The number of para-hydroxylation sites is 1. The first-order valence-corrected chi connectivity index (χ1v) is 13.6. The molecule has 0 radical (unpaired) electrons. The second-order valence-electron chi connectivity index (χ2n) is 9.98. The van der Waals surface area contributed by atoms with E-state index in [0.29, 0.717) is 34.4 Å². The Balaban J connectivity index is 1.58. The molecule has 1 amide bonds. The van der Waals surface area contributed by atoms with E-state index in [9.17, 15) is 24.3 Å². The van der Waals surface area contributed by atoms with E-state index < -0.39 is 41.6 Å². The van der Waals surface area contributed by atoms with E-state index in [2.05, 4.69) is 5.32 Å². The lowest BCUT2D eigenvalue weighted by atomic mass is 10.0. The average molecular weight is 558 g/mol. The molecule has 10 heteroatoms. The number of carboxylic acid groups (broad SMARTS) is 1. The first-order chi connectivity index (χ1) is 19.9.